The molecule has 0 amide bonds. The highest BCUT2D eigenvalue weighted by Crippen LogP contribution is 2.23. The number of hydrogen-bond donors (Lipinski definition) is 0. The molecule has 4 rings (SSSR count). The molecule has 0 saturated heterocycles. The number of methoxy groups -OCH3 is 2. The number of ether oxygens (including phenoxy) is 2. The second-order valence-corrected chi connectivity index (χ2v) is 5.81. The zero-order chi connectivity index (χ0) is 17.9. The molecule has 1 aliphatic heterocycles. The second-order valence-electron chi connectivity index (χ2n) is 5.81. The maximum Gasteiger partial charge on any atom is 0.321 e. The maximum absolute atomic E-state index is 5.24. The molecule has 0 saturated carbocycles. The van der Waals surface area contributed by atoms with Crippen molar-refractivity contribution in [3.05, 3.63) is 36.4 Å². The fourth-order valence-electron chi connectivity index (χ4n) is 2.90. The van der Waals surface area contributed by atoms with Gasteiger partial charge in [0.2, 0.25) is 5.88 Å². The smallest absolute Gasteiger partial charge is 0.321 e. The van der Waals surface area contributed by atoms with E-state index < -0.39 is 0 Å². The summed E-state index contributed by atoms with van der Waals surface area (Å²) in [5.74, 6) is 2.92. The maximum atomic E-state index is 5.24. The van der Waals surface area contributed by atoms with E-state index in [0.717, 1.165) is 43.3 Å². The van der Waals surface area contributed by atoms with Crippen LogP contribution in [-0.2, 0) is 13.0 Å². The van der Waals surface area contributed by atoms with Crippen LogP contribution < -0.4 is 14.4 Å². The molecule has 0 atom stereocenters. The van der Waals surface area contributed by atoms with E-state index in [1.165, 1.54) is 0 Å². The molecule has 0 N–H and O–H groups in total. The molecule has 1 aliphatic rings. The highest BCUT2D eigenvalue weighted by atomic mass is 16.5. The number of rotatable bonds is 4. The van der Waals surface area contributed by atoms with E-state index in [0.29, 0.717) is 17.7 Å². The van der Waals surface area contributed by atoms with Gasteiger partial charge in [0.25, 0.3) is 0 Å². The number of anilines is 1. The molecule has 0 radical (unpaired) electrons. The first kappa shape index (κ1) is 16.2. The summed E-state index contributed by atoms with van der Waals surface area (Å²) < 4.78 is 12.4. The Bertz CT molecular complexity index is 850. The first-order valence-electron chi connectivity index (χ1n) is 8.33. The SMILES string of the molecule is COc1cc(N2CCc3nc(-c4cccnc4)nn3CC2)nc(OC)n1. The summed E-state index contributed by atoms with van der Waals surface area (Å²) in [5.41, 5.74) is 0.926. The number of aromatic nitrogens is 6. The Hall–Kier alpha value is -3.23. The molecule has 3 aromatic rings. The highest BCUT2D eigenvalue weighted by molar-refractivity contribution is 5.52. The molecule has 0 aliphatic carbocycles. The van der Waals surface area contributed by atoms with Gasteiger partial charge in [-0.05, 0) is 12.1 Å². The molecule has 134 valence electrons. The minimum Gasteiger partial charge on any atom is -0.481 e. The summed E-state index contributed by atoms with van der Waals surface area (Å²) in [6, 6.07) is 5.96. The van der Waals surface area contributed by atoms with E-state index in [1.807, 2.05) is 22.9 Å². The van der Waals surface area contributed by atoms with Gasteiger partial charge in [-0.15, -0.1) is 0 Å². The van der Waals surface area contributed by atoms with Gasteiger partial charge >= 0.3 is 6.01 Å². The summed E-state index contributed by atoms with van der Waals surface area (Å²) >= 11 is 0. The van der Waals surface area contributed by atoms with Gasteiger partial charge in [0.05, 0.1) is 20.8 Å². The van der Waals surface area contributed by atoms with E-state index in [4.69, 9.17) is 9.47 Å². The van der Waals surface area contributed by atoms with Gasteiger partial charge in [-0.2, -0.15) is 15.1 Å². The number of nitrogens with zero attached hydrogens (tertiary/aromatic N) is 7. The minimum atomic E-state index is 0.290. The summed E-state index contributed by atoms with van der Waals surface area (Å²) in [7, 11) is 3.12. The van der Waals surface area contributed by atoms with Crippen molar-refractivity contribution in [1.82, 2.24) is 29.7 Å². The Morgan fingerprint density at radius 2 is 1.96 bits per heavy atom. The van der Waals surface area contributed by atoms with E-state index >= 15 is 0 Å². The lowest BCUT2D eigenvalue weighted by Crippen LogP contribution is -2.28. The highest BCUT2D eigenvalue weighted by Gasteiger charge is 2.20. The molecule has 0 fully saturated rings. The van der Waals surface area contributed by atoms with E-state index in [1.54, 1.807) is 26.6 Å². The van der Waals surface area contributed by atoms with Crippen LogP contribution in [0.25, 0.3) is 11.4 Å². The topological polar surface area (TPSA) is 91.1 Å². The van der Waals surface area contributed by atoms with Crippen LogP contribution >= 0.6 is 0 Å². The third kappa shape index (κ3) is 3.15. The third-order valence-corrected chi connectivity index (χ3v) is 4.24. The fraction of sp³-hybridized carbons (Fsp3) is 0.353. The Morgan fingerprint density at radius 1 is 1.04 bits per heavy atom. The fourth-order valence-corrected chi connectivity index (χ4v) is 2.90. The van der Waals surface area contributed by atoms with Gasteiger partial charge in [0.1, 0.15) is 11.6 Å². The van der Waals surface area contributed by atoms with Gasteiger partial charge in [-0.1, -0.05) is 0 Å². The van der Waals surface area contributed by atoms with Crippen molar-refractivity contribution >= 4 is 5.82 Å². The van der Waals surface area contributed by atoms with Crippen LogP contribution in [0.2, 0.25) is 0 Å². The zero-order valence-electron chi connectivity index (χ0n) is 14.7. The first-order chi connectivity index (χ1) is 12.8. The Balaban J connectivity index is 1.55. The van der Waals surface area contributed by atoms with Gasteiger partial charge in [0.15, 0.2) is 5.82 Å². The predicted molar refractivity (Wildman–Crippen MR) is 94.3 cm³/mol. The molecule has 9 nitrogen and oxygen atoms in total. The molecule has 9 heteroatoms. The average Bonchev–Trinajstić information content (AvgIpc) is 3.01. The first-order valence-corrected chi connectivity index (χ1v) is 8.33. The lowest BCUT2D eigenvalue weighted by atomic mass is 10.3. The lowest BCUT2D eigenvalue weighted by Gasteiger charge is -2.21. The monoisotopic (exact) mass is 353 g/mol. The molecular weight excluding hydrogens is 334 g/mol. The lowest BCUT2D eigenvalue weighted by molar-refractivity contribution is 0.352. The quantitative estimate of drug-likeness (QED) is 0.691. The molecule has 0 aromatic carbocycles. The number of hydrogen-bond acceptors (Lipinski definition) is 8. The predicted octanol–water partition coefficient (Wildman–Crippen LogP) is 1.21. The van der Waals surface area contributed by atoms with Crippen LogP contribution in [0.15, 0.2) is 30.6 Å². The van der Waals surface area contributed by atoms with Crippen molar-refractivity contribution < 1.29 is 9.47 Å². The summed E-state index contributed by atoms with van der Waals surface area (Å²) in [6.45, 7) is 2.25. The second kappa shape index (κ2) is 6.95. The van der Waals surface area contributed by atoms with Gasteiger partial charge < -0.3 is 14.4 Å². The van der Waals surface area contributed by atoms with Crippen LogP contribution in [-0.4, -0.2) is 57.0 Å². The minimum absolute atomic E-state index is 0.290. The average molecular weight is 353 g/mol. The van der Waals surface area contributed by atoms with Crippen molar-refractivity contribution in [2.45, 2.75) is 13.0 Å². The van der Waals surface area contributed by atoms with Crippen molar-refractivity contribution in [1.29, 1.82) is 0 Å². The molecule has 4 heterocycles. The van der Waals surface area contributed by atoms with Crippen molar-refractivity contribution in [3.8, 4) is 23.3 Å². The van der Waals surface area contributed by atoms with E-state index in [2.05, 4.69) is 29.9 Å². The van der Waals surface area contributed by atoms with Crippen molar-refractivity contribution in [2.24, 2.45) is 0 Å². The van der Waals surface area contributed by atoms with Crippen LogP contribution in [0.1, 0.15) is 5.82 Å². The molecule has 0 bridgehead atoms. The Kier molecular flexibility index (Phi) is 4.34. The van der Waals surface area contributed by atoms with Crippen LogP contribution in [0.4, 0.5) is 5.82 Å². The molecule has 0 spiro atoms. The summed E-state index contributed by atoms with van der Waals surface area (Å²) in [4.78, 5) is 19.6. The zero-order valence-corrected chi connectivity index (χ0v) is 14.7. The molecule has 3 aromatic heterocycles. The largest absolute Gasteiger partial charge is 0.481 e. The standard InChI is InChI=1S/C17H19N7O2/c1-25-15-10-14(20-17(21-15)26-2)23-7-5-13-19-16(22-24(13)9-8-23)12-4-3-6-18-11-12/h3-4,6,10-11H,5,7-9H2,1-2H3. The van der Waals surface area contributed by atoms with Crippen LogP contribution in [0.3, 0.4) is 0 Å². The number of pyridine rings is 1. The Labute approximate surface area is 150 Å². The molecule has 0 unspecified atom stereocenters. The third-order valence-electron chi connectivity index (χ3n) is 4.24. The van der Waals surface area contributed by atoms with Crippen molar-refractivity contribution in [3.63, 3.8) is 0 Å². The Morgan fingerprint density at radius 3 is 2.73 bits per heavy atom. The summed E-state index contributed by atoms with van der Waals surface area (Å²) in [5, 5.41) is 4.63. The normalized spacial score (nSPS) is 13.8. The summed E-state index contributed by atoms with van der Waals surface area (Å²) in [6.07, 6.45) is 4.29. The van der Waals surface area contributed by atoms with Gasteiger partial charge in [0, 0.05) is 43.5 Å². The number of fused-ring (bicyclic) bond motifs is 1. The van der Waals surface area contributed by atoms with E-state index in [-0.39, 0.29) is 0 Å². The molecule has 26 heavy (non-hydrogen) atoms. The van der Waals surface area contributed by atoms with Crippen LogP contribution in [0, 0.1) is 0 Å². The van der Waals surface area contributed by atoms with Gasteiger partial charge in [-0.3, -0.25) is 4.98 Å². The van der Waals surface area contributed by atoms with E-state index in [9.17, 15) is 0 Å². The van der Waals surface area contributed by atoms with Crippen molar-refractivity contribution in [2.75, 3.05) is 32.2 Å². The van der Waals surface area contributed by atoms with Gasteiger partial charge in [-0.25, -0.2) is 9.67 Å². The van der Waals surface area contributed by atoms with Crippen LogP contribution in [0.5, 0.6) is 11.9 Å². The molecular formula is C17H19N7O2.